The van der Waals surface area contributed by atoms with E-state index in [9.17, 15) is 0 Å². The zero-order valence-corrected chi connectivity index (χ0v) is 14.8. The zero-order valence-electron chi connectivity index (χ0n) is 12.4. The lowest BCUT2D eigenvalue weighted by atomic mass is 9.92. The Morgan fingerprint density at radius 3 is 2.09 bits per heavy atom. The SMILES string of the molecule is [B]Cc1cccc2ccccc12.c1cc2sc3ccsc3c2s1. The van der Waals surface area contributed by atoms with Crippen LogP contribution >= 0.6 is 34.0 Å². The summed E-state index contributed by atoms with van der Waals surface area (Å²) >= 11 is 5.59. The minimum absolute atomic E-state index is 0.612. The van der Waals surface area contributed by atoms with Crippen molar-refractivity contribution in [2.24, 2.45) is 0 Å². The molecule has 0 unspecified atom stereocenters. The molecule has 0 aliphatic carbocycles. The summed E-state index contributed by atoms with van der Waals surface area (Å²) in [5.41, 5.74) is 1.22. The molecule has 0 atom stereocenters. The smallest absolute Gasteiger partial charge is 0.0716 e. The van der Waals surface area contributed by atoms with E-state index in [-0.39, 0.29) is 0 Å². The Morgan fingerprint density at radius 2 is 1.39 bits per heavy atom. The second kappa shape index (κ2) is 6.48. The molecule has 4 heteroatoms. The Hall–Kier alpha value is -1.62. The van der Waals surface area contributed by atoms with Gasteiger partial charge < -0.3 is 0 Å². The number of fused-ring (bicyclic) bond motifs is 4. The van der Waals surface area contributed by atoms with Gasteiger partial charge in [0.1, 0.15) is 0 Å². The predicted octanol–water partition coefficient (Wildman–Crippen LogP) is 6.69. The zero-order chi connectivity index (χ0) is 15.6. The van der Waals surface area contributed by atoms with Crippen molar-refractivity contribution in [2.45, 2.75) is 6.32 Å². The summed E-state index contributed by atoms with van der Waals surface area (Å²) < 4.78 is 5.83. The third kappa shape index (κ3) is 2.83. The van der Waals surface area contributed by atoms with Gasteiger partial charge in [-0.15, -0.1) is 34.0 Å². The Kier molecular flexibility index (Phi) is 4.21. The van der Waals surface area contributed by atoms with E-state index in [1.165, 1.54) is 35.1 Å². The molecule has 0 spiro atoms. The minimum Gasteiger partial charge on any atom is -0.141 e. The minimum atomic E-state index is 0.612. The maximum absolute atomic E-state index is 5.62. The van der Waals surface area contributed by atoms with Crippen molar-refractivity contribution in [3.8, 4) is 0 Å². The second-order valence-electron chi connectivity index (χ2n) is 5.17. The Bertz CT molecular complexity index is 1020. The normalized spacial score (nSPS) is 11.0. The van der Waals surface area contributed by atoms with Gasteiger partial charge >= 0.3 is 0 Å². The molecule has 0 fully saturated rings. The molecule has 0 saturated carbocycles. The molecule has 3 aromatic heterocycles. The van der Waals surface area contributed by atoms with Crippen LogP contribution in [-0.2, 0) is 6.32 Å². The molecule has 0 N–H and O–H groups in total. The third-order valence-electron chi connectivity index (χ3n) is 3.78. The summed E-state index contributed by atoms with van der Waals surface area (Å²) in [5, 5.41) is 6.86. The van der Waals surface area contributed by atoms with Gasteiger partial charge in [0.15, 0.2) is 0 Å². The fourth-order valence-electron chi connectivity index (χ4n) is 2.68. The molecule has 0 saturated heterocycles. The van der Waals surface area contributed by atoms with Crippen LogP contribution in [0.15, 0.2) is 65.4 Å². The molecule has 110 valence electrons. The van der Waals surface area contributed by atoms with Gasteiger partial charge in [-0.2, -0.15) is 0 Å². The monoisotopic (exact) mass is 348 g/mol. The molecule has 0 bridgehead atoms. The van der Waals surface area contributed by atoms with Gasteiger partial charge in [-0.05, 0) is 39.2 Å². The molecule has 3 heterocycles. The number of thiophene rings is 3. The summed E-state index contributed by atoms with van der Waals surface area (Å²) in [5.74, 6) is 0. The van der Waals surface area contributed by atoms with Crippen LogP contribution in [0.4, 0.5) is 0 Å². The molecule has 23 heavy (non-hydrogen) atoms. The first kappa shape index (κ1) is 14.9. The topological polar surface area (TPSA) is 0 Å². The highest BCUT2D eigenvalue weighted by Crippen LogP contribution is 2.40. The van der Waals surface area contributed by atoms with E-state index < -0.39 is 0 Å². The van der Waals surface area contributed by atoms with Crippen LogP contribution in [0.5, 0.6) is 0 Å². The van der Waals surface area contributed by atoms with Crippen LogP contribution < -0.4 is 0 Å². The summed E-state index contributed by atoms with van der Waals surface area (Å²) in [6, 6.07) is 18.9. The molecule has 0 aliphatic heterocycles. The summed E-state index contributed by atoms with van der Waals surface area (Å²) in [6.45, 7) is 0. The van der Waals surface area contributed by atoms with Crippen molar-refractivity contribution in [2.75, 3.05) is 0 Å². The summed E-state index contributed by atoms with van der Waals surface area (Å²) in [4.78, 5) is 0. The van der Waals surface area contributed by atoms with Crippen molar-refractivity contribution in [1.29, 1.82) is 0 Å². The summed E-state index contributed by atoms with van der Waals surface area (Å²) in [7, 11) is 5.62. The van der Waals surface area contributed by atoms with Gasteiger partial charge in [-0.1, -0.05) is 48.8 Å². The predicted molar refractivity (Wildman–Crippen MR) is 108 cm³/mol. The third-order valence-corrected chi connectivity index (χ3v) is 7.16. The Labute approximate surface area is 148 Å². The highest BCUT2D eigenvalue weighted by Gasteiger charge is 2.05. The first-order chi connectivity index (χ1) is 11.4. The van der Waals surface area contributed by atoms with E-state index in [1.807, 2.05) is 52.2 Å². The molecule has 5 aromatic rings. The molecule has 0 nitrogen and oxygen atoms in total. The lowest BCUT2D eigenvalue weighted by molar-refractivity contribution is 1.45. The maximum Gasteiger partial charge on any atom is 0.0716 e. The first-order valence-corrected chi connectivity index (χ1v) is 9.94. The van der Waals surface area contributed by atoms with E-state index in [4.69, 9.17) is 7.85 Å². The van der Waals surface area contributed by atoms with Crippen molar-refractivity contribution < 1.29 is 0 Å². The molecule has 2 radical (unpaired) electrons. The van der Waals surface area contributed by atoms with Crippen LogP contribution in [0.2, 0.25) is 0 Å². The largest absolute Gasteiger partial charge is 0.141 e. The van der Waals surface area contributed by atoms with Gasteiger partial charge in [0.2, 0.25) is 0 Å². The molecular weight excluding hydrogens is 335 g/mol. The number of hydrogen-bond donors (Lipinski definition) is 0. The highest BCUT2D eigenvalue weighted by atomic mass is 32.1. The lowest BCUT2D eigenvalue weighted by Crippen LogP contribution is -1.84. The molecule has 0 aliphatic rings. The van der Waals surface area contributed by atoms with E-state index in [0.29, 0.717) is 6.32 Å². The van der Waals surface area contributed by atoms with Gasteiger partial charge in [0.25, 0.3) is 0 Å². The molecule has 5 rings (SSSR count). The number of benzene rings is 2. The maximum atomic E-state index is 5.62. The van der Waals surface area contributed by atoms with E-state index >= 15 is 0 Å². The van der Waals surface area contributed by atoms with Crippen LogP contribution in [0.1, 0.15) is 5.56 Å². The fraction of sp³-hybridized carbons (Fsp3) is 0.0526. The number of hydrogen-bond acceptors (Lipinski definition) is 3. The Morgan fingerprint density at radius 1 is 0.739 bits per heavy atom. The van der Waals surface area contributed by atoms with Gasteiger partial charge in [0, 0.05) is 9.40 Å². The average Bonchev–Trinajstić information content (AvgIpc) is 3.28. The molecule has 2 aromatic carbocycles. The van der Waals surface area contributed by atoms with E-state index in [1.54, 1.807) is 0 Å². The Balaban J connectivity index is 0.000000118. The summed E-state index contributed by atoms with van der Waals surface area (Å²) in [6.07, 6.45) is 0.612. The van der Waals surface area contributed by atoms with Gasteiger partial charge in [-0.3, -0.25) is 0 Å². The van der Waals surface area contributed by atoms with Crippen LogP contribution in [0.25, 0.3) is 29.6 Å². The number of rotatable bonds is 1. The van der Waals surface area contributed by atoms with Crippen molar-refractivity contribution >= 4 is 71.4 Å². The molecule has 0 amide bonds. The standard InChI is InChI=1S/C11H9B.C8H4S3/c12-8-10-6-3-5-9-4-1-2-7-11(9)10;1-3-9-7-5(1)11-6-2-4-10-8(6)7/h1-7H,8H2;1-4H. The molecular formula is C19H13BS3. The highest BCUT2D eigenvalue weighted by molar-refractivity contribution is 7.37. The van der Waals surface area contributed by atoms with Gasteiger partial charge in [0.05, 0.1) is 17.2 Å². The average molecular weight is 348 g/mol. The lowest BCUT2D eigenvalue weighted by Gasteiger charge is -2.02. The van der Waals surface area contributed by atoms with Crippen molar-refractivity contribution in [3.63, 3.8) is 0 Å². The van der Waals surface area contributed by atoms with Gasteiger partial charge in [-0.25, -0.2) is 0 Å². The van der Waals surface area contributed by atoms with Crippen molar-refractivity contribution in [3.05, 3.63) is 70.9 Å². The first-order valence-electron chi connectivity index (χ1n) is 7.37. The van der Waals surface area contributed by atoms with Crippen LogP contribution in [0.3, 0.4) is 0 Å². The van der Waals surface area contributed by atoms with E-state index in [0.717, 1.165) is 0 Å². The van der Waals surface area contributed by atoms with Crippen LogP contribution in [-0.4, -0.2) is 7.85 Å². The fourth-order valence-corrected chi connectivity index (χ4v) is 6.19. The quantitative estimate of drug-likeness (QED) is 0.296. The van der Waals surface area contributed by atoms with Crippen LogP contribution in [0, 0.1) is 0 Å². The van der Waals surface area contributed by atoms with E-state index in [2.05, 4.69) is 47.2 Å². The second-order valence-corrected chi connectivity index (χ2v) is 8.09. The van der Waals surface area contributed by atoms with Crippen molar-refractivity contribution in [1.82, 2.24) is 0 Å².